The summed E-state index contributed by atoms with van der Waals surface area (Å²) in [7, 11) is 0. The summed E-state index contributed by atoms with van der Waals surface area (Å²) in [6.07, 6.45) is 12.8. The first-order chi connectivity index (χ1) is 13.2. The van der Waals surface area contributed by atoms with Crippen molar-refractivity contribution in [3.8, 4) is 11.1 Å². The van der Waals surface area contributed by atoms with Crippen LogP contribution in [-0.4, -0.2) is 0 Å². The summed E-state index contributed by atoms with van der Waals surface area (Å²) < 4.78 is 14.8. The molecule has 2 aromatic rings. The van der Waals surface area contributed by atoms with Gasteiger partial charge in [-0.2, -0.15) is 0 Å². The monoisotopic (exact) mass is 366 g/mol. The third-order valence-electron chi connectivity index (χ3n) is 6.33. The minimum absolute atomic E-state index is 0.0687. The summed E-state index contributed by atoms with van der Waals surface area (Å²) in [5.41, 5.74) is 4.24. The molecule has 3 rings (SSSR count). The van der Waals surface area contributed by atoms with Crippen LogP contribution in [-0.2, 0) is 6.42 Å². The molecule has 146 valence electrons. The van der Waals surface area contributed by atoms with Gasteiger partial charge in [0.05, 0.1) is 0 Å². The highest BCUT2D eigenvalue weighted by Gasteiger charge is 2.22. The molecule has 1 aliphatic rings. The van der Waals surface area contributed by atoms with E-state index in [1.54, 1.807) is 6.07 Å². The van der Waals surface area contributed by atoms with Gasteiger partial charge in [-0.25, -0.2) is 4.39 Å². The molecule has 0 amide bonds. The number of benzene rings is 2. The van der Waals surface area contributed by atoms with Crippen molar-refractivity contribution in [1.82, 2.24) is 0 Å². The molecule has 0 radical (unpaired) electrons. The average molecular weight is 367 g/mol. The van der Waals surface area contributed by atoms with Gasteiger partial charge in [-0.15, -0.1) is 0 Å². The van der Waals surface area contributed by atoms with Gasteiger partial charge in [-0.1, -0.05) is 82.3 Å². The number of hydrogen-bond acceptors (Lipinski definition) is 0. The number of aryl methyl sites for hydroxylation is 1. The zero-order chi connectivity index (χ0) is 19.1. The van der Waals surface area contributed by atoms with Crippen molar-refractivity contribution in [2.45, 2.75) is 84.0 Å². The summed E-state index contributed by atoms with van der Waals surface area (Å²) in [6.45, 7) is 4.46. The third kappa shape index (κ3) is 5.43. The highest BCUT2D eigenvalue weighted by molar-refractivity contribution is 5.65. The van der Waals surface area contributed by atoms with E-state index in [1.165, 1.54) is 62.5 Å². The van der Waals surface area contributed by atoms with Crippen molar-refractivity contribution in [2.24, 2.45) is 5.92 Å². The molecule has 2 aromatic carbocycles. The molecule has 1 saturated carbocycles. The fraction of sp³-hybridized carbons (Fsp3) is 0.538. The molecule has 0 saturated heterocycles. The predicted molar refractivity (Wildman–Crippen MR) is 115 cm³/mol. The normalized spacial score (nSPS) is 20.0. The maximum Gasteiger partial charge on any atom is 0.131 e. The molecular weight excluding hydrogens is 331 g/mol. The Kier molecular flexibility index (Phi) is 7.50. The van der Waals surface area contributed by atoms with E-state index in [0.717, 1.165) is 29.9 Å². The minimum Gasteiger partial charge on any atom is -0.206 e. The summed E-state index contributed by atoms with van der Waals surface area (Å²) in [5.74, 6) is 1.38. The van der Waals surface area contributed by atoms with E-state index >= 15 is 0 Å². The second kappa shape index (κ2) is 10.1. The van der Waals surface area contributed by atoms with E-state index in [-0.39, 0.29) is 5.82 Å². The summed E-state index contributed by atoms with van der Waals surface area (Å²) in [5, 5.41) is 0. The number of halogens is 1. The molecule has 1 aliphatic carbocycles. The van der Waals surface area contributed by atoms with Gasteiger partial charge in [-0.3, -0.25) is 0 Å². The Morgan fingerprint density at radius 2 is 1.59 bits per heavy atom. The summed E-state index contributed by atoms with van der Waals surface area (Å²) >= 11 is 0. The Labute approximate surface area is 165 Å². The zero-order valence-electron chi connectivity index (χ0n) is 17.1. The zero-order valence-corrected chi connectivity index (χ0v) is 17.1. The Morgan fingerprint density at radius 1 is 0.852 bits per heavy atom. The molecule has 27 heavy (non-hydrogen) atoms. The van der Waals surface area contributed by atoms with Crippen molar-refractivity contribution < 1.29 is 4.39 Å². The van der Waals surface area contributed by atoms with Crippen LogP contribution < -0.4 is 0 Å². The van der Waals surface area contributed by atoms with Crippen molar-refractivity contribution in [2.75, 3.05) is 0 Å². The van der Waals surface area contributed by atoms with Gasteiger partial charge in [0.15, 0.2) is 0 Å². The van der Waals surface area contributed by atoms with Crippen molar-refractivity contribution in [3.05, 3.63) is 59.4 Å². The highest BCUT2D eigenvalue weighted by Crippen LogP contribution is 2.38. The van der Waals surface area contributed by atoms with Crippen molar-refractivity contribution >= 4 is 0 Å². The van der Waals surface area contributed by atoms with Gasteiger partial charge in [0.2, 0.25) is 0 Å². The smallest absolute Gasteiger partial charge is 0.131 e. The predicted octanol–water partition coefficient (Wildman–Crippen LogP) is 8.30. The van der Waals surface area contributed by atoms with Crippen LogP contribution in [0.4, 0.5) is 4.39 Å². The van der Waals surface area contributed by atoms with E-state index in [2.05, 4.69) is 44.2 Å². The molecule has 1 heteroatoms. The van der Waals surface area contributed by atoms with E-state index in [0.29, 0.717) is 5.92 Å². The molecule has 0 atom stereocenters. The van der Waals surface area contributed by atoms with Crippen LogP contribution in [0.3, 0.4) is 0 Å². The van der Waals surface area contributed by atoms with Gasteiger partial charge in [0.1, 0.15) is 5.82 Å². The van der Waals surface area contributed by atoms with Crippen LogP contribution in [0.2, 0.25) is 0 Å². The van der Waals surface area contributed by atoms with Gasteiger partial charge < -0.3 is 0 Å². The largest absolute Gasteiger partial charge is 0.206 e. The topological polar surface area (TPSA) is 0 Å². The van der Waals surface area contributed by atoms with Crippen LogP contribution in [0.1, 0.15) is 88.7 Å². The van der Waals surface area contributed by atoms with Gasteiger partial charge in [0.25, 0.3) is 0 Å². The molecular formula is C26H35F. The SMILES string of the molecule is CCCCCC1CCC(c2ccc(-c3ccc(CCC)cc3)c(F)c2)CC1. The lowest BCUT2D eigenvalue weighted by Crippen LogP contribution is -2.13. The van der Waals surface area contributed by atoms with Crippen LogP contribution in [0.25, 0.3) is 11.1 Å². The molecule has 0 spiro atoms. The quantitative estimate of drug-likeness (QED) is 0.412. The van der Waals surface area contributed by atoms with Crippen LogP contribution in [0.5, 0.6) is 0 Å². The number of rotatable bonds is 8. The van der Waals surface area contributed by atoms with Crippen LogP contribution in [0.15, 0.2) is 42.5 Å². The van der Waals surface area contributed by atoms with E-state index in [1.807, 2.05) is 6.07 Å². The molecule has 0 aromatic heterocycles. The maximum absolute atomic E-state index is 14.8. The first-order valence-electron chi connectivity index (χ1n) is 11.1. The summed E-state index contributed by atoms with van der Waals surface area (Å²) in [6, 6.07) is 14.3. The standard InChI is InChI=1S/C26H35F/c1-3-5-6-8-21-9-13-22(14-10-21)24-17-18-25(26(27)19-24)23-15-11-20(7-4-2)12-16-23/h11-12,15-19,21-22H,3-10,13-14H2,1-2H3. The van der Waals surface area contributed by atoms with Crippen LogP contribution >= 0.6 is 0 Å². The fourth-order valence-corrected chi connectivity index (χ4v) is 4.63. The van der Waals surface area contributed by atoms with Crippen LogP contribution in [0, 0.1) is 11.7 Å². The lowest BCUT2D eigenvalue weighted by Gasteiger charge is -2.29. The lowest BCUT2D eigenvalue weighted by molar-refractivity contribution is 0.302. The Morgan fingerprint density at radius 3 is 2.22 bits per heavy atom. The second-order valence-electron chi connectivity index (χ2n) is 8.40. The molecule has 0 bridgehead atoms. The van der Waals surface area contributed by atoms with E-state index in [4.69, 9.17) is 0 Å². The first kappa shape index (κ1) is 20.1. The lowest BCUT2D eigenvalue weighted by atomic mass is 9.77. The Bertz CT molecular complexity index is 693. The van der Waals surface area contributed by atoms with Gasteiger partial charge in [0, 0.05) is 5.56 Å². The number of unbranched alkanes of at least 4 members (excludes halogenated alkanes) is 2. The summed E-state index contributed by atoms with van der Waals surface area (Å²) in [4.78, 5) is 0. The van der Waals surface area contributed by atoms with E-state index < -0.39 is 0 Å². The van der Waals surface area contributed by atoms with Gasteiger partial charge in [-0.05, 0) is 66.7 Å². The molecule has 0 unspecified atom stereocenters. The molecule has 0 aliphatic heterocycles. The molecule has 0 heterocycles. The highest BCUT2D eigenvalue weighted by atomic mass is 19.1. The maximum atomic E-state index is 14.8. The Hall–Kier alpha value is -1.63. The minimum atomic E-state index is -0.0687. The third-order valence-corrected chi connectivity index (χ3v) is 6.33. The van der Waals surface area contributed by atoms with Gasteiger partial charge >= 0.3 is 0 Å². The molecule has 0 N–H and O–H groups in total. The number of hydrogen-bond donors (Lipinski definition) is 0. The Balaban J connectivity index is 1.61. The van der Waals surface area contributed by atoms with E-state index in [9.17, 15) is 4.39 Å². The molecule has 1 fully saturated rings. The molecule has 0 nitrogen and oxygen atoms in total. The fourth-order valence-electron chi connectivity index (χ4n) is 4.63. The van der Waals surface area contributed by atoms with Crippen molar-refractivity contribution in [3.63, 3.8) is 0 Å². The van der Waals surface area contributed by atoms with Crippen molar-refractivity contribution in [1.29, 1.82) is 0 Å². The first-order valence-corrected chi connectivity index (χ1v) is 11.1. The average Bonchev–Trinajstić information content (AvgIpc) is 2.70. The second-order valence-corrected chi connectivity index (χ2v) is 8.40.